The van der Waals surface area contributed by atoms with Gasteiger partial charge in [-0.1, -0.05) is 0 Å². The zero-order chi connectivity index (χ0) is 15.7. The standard InChI is InChI=1S/C13H18N3O5/c1-20-7-5-15-12(17)10-3-4-14-11(9-10)13(18)16(19)6-8-21-2/h3-4,9H,5-8H2,1-2H3,(H,15,17)/q-1. The van der Waals surface area contributed by atoms with Crippen LogP contribution in [-0.2, 0) is 9.47 Å². The van der Waals surface area contributed by atoms with Crippen LogP contribution in [0.3, 0.4) is 0 Å². The minimum absolute atomic E-state index is 0.0829. The molecule has 1 aromatic rings. The minimum atomic E-state index is -0.807. The van der Waals surface area contributed by atoms with E-state index in [1.54, 1.807) is 0 Å². The minimum Gasteiger partial charge on any atom is -0.756 e. The van der Waals surface area contributed by atoms with Crippen molar-refractivity contribution >= 4 is 11.8 Å². The fourth-order valence-corrected chi connectivity index (χ4v) is 1.46. The van der Waals surface area contributed by atoms with Crippen LogP contribution in [0, 0.1) is 5.21 Å². The van der Waals surface area contributed by atoms with Crippen molar-refractivity contribution in [3.05, 3.63) is 34.8 Å². The molecule has 0 unspecified atom stereocenters. The number of amides is 2. The average molecular weight is 296 g/mol. The van der Waals surface area contributed by atoms with Gasteiger partial charge in [-0.3, -0.25) is 14.6 Å². The first-order valence-electron chi connectivity index (χ1n) is 6.31. The van der Waals surface area contributed by atoms with Gasteiger partial charge in [-0.15, -0.1) is 0 Å². The molecule has 1 heterocycles. The summed E-state index contributed by atoms with van der Waals surface area (Å²) in [5.74, 6) is -1.17. The third-order valence-electron chi connectivity index (χ3n) is 2.56. The van der Waals surface area contributed by atoms with Gasteiger partial charge in [0.25, 0.3) is 11.8 Å². The van der Waals surface area contributed by atoms with Gasteiger partial charge in [-0.2, -0.15) is 0 Å². The highest BCUT2D eigenvalue weighted by Crippen LogP contribution is 2.05. The second-order valence-corrected chi connectivity index (χ2v) is 4.08. The maximum Gasteiger partial charge on any atom is 0.261 e. The van der Waals surface area contributed by atoms with Crippen molar-refractivity contribution in [3.63, 3.8) is 0 Å². The van der Waals surface area contributed by atoms with Crippen LogP contribution in [0.4, 0.5) is 0 Å². The highest BCUT2D eigenvalue weighted by Gasteiger charge is 2.12. The number of rotatable bonds is 8. The molecule has 0 fully saturated rings. The van der Waals surface area contributed by atoms with Crippen LogP contribution < -0.4 is 5.32 Å². The van der Waals surface area contributed by atoms with Gasteiger partial charge in [-0.05, 0) is 12.1 Å². The van der Waals surface area contributed by atoms with E-state index in [4.69, 9.17) is 9.47 Å². The molecule has 1 aromatic heterocycles. The topological polar surface area (TPSA) is 104 Å². The smallest absolute Gasteiger partial charge is 0.261 e. The summed E-state index contributed by atoms with van der Waals surface area (Å²) in [6.45, 7) is 0.768. The first kappa shape index (κ1) is 17.0. The Hall–Kier alpha value is -2.03. The number of methoxy groups -OCH3 is 2. The van der Waals surface area contributed by atoms with Gasteiger partial charge in [0.2, 0.25) is 0 Å². The van der Waals surface area contributed by atoms with E-state index in [-0.39, 0.29) is 35.4 Å². The number of aromatic nitrogens is 1. The largest absolute Gasteiger partial charge is 0.756 e. The SMILES string of the molecule is COCCNC(=O)c1ccnc(C(=O)N([O-])CCOC)c1. The van der Waals surface area contributed by atoms with Crippen LogP contribution in [-0.4, -0.2) is 62.4 Å². The maximum absolute atomic E-state index is 11.8. The Morgan fingerprint density at radius 1 is 1.33 bits per heavy atom. The van der Waals surface area contributed by atoms with Gasteiger partial charge in [-0.25, -0.2) is 0 Å². The van der Waals surface area contributed by atoms with E-state index in [1.165, 1.54) is 32.5 Å². The second-order valence-electron chi connectivity index (χ2n) is 4.08. The van der Waals surface area contributed by atoms with Gasteiger partial charge >= 0.3 is 0 Å². The number of hydrogen-bond donors (Lipinski definition) is 1. The van der Waals surface area contributed by atoms with E-state index in [0.29, 0.717) is 13.2 Å². The highest BCUT2D eigenvalue weighted by atomic mass is 16.5. The van der Waals surface area contributed by atoms with E-state index in [2.05, 4.69) is 10.3 Å². The monoisotopic (exact) mass is 296 g/mol. The number of nitrogens with zero attached hydrogens (tertiary/aromatic N) is 2. The zero-order valence-corrected chi connectivity index (χ0v) is 12.0. The van der Waals surface area contributed by atoms with E-state index in [1.807, 2.05) is 0 Å². The molecule has 0 radical (unpaired) electrons. The quantitative estimate of drug-likeness (QED) is 0.537. The lowest BCUT2D eigenvalue weighted by molar-refractivity contribution is 0.0772. The fraction of sp³-hybridized carbons (Fsp3) is 0.462. The van der Waals surface area contributed by atoms with Crippen LogP contribution in [0.25, 0.3) is 0 Å². The Morgan fingerprint density at radius 2 is 2.05 bits per heavy atom. The molecule has 0 spiro atoms. The Labute approximate surface area is 122 Å². The van der Waals surface area contributed by atoms with E-state index >= 15 is 0 Å². The number of hydrogen-bond acceptors (Lipinski definition) is 6. The van der Waals surface area contributed by atoms with E-state index in [9.17, 15) is 14.8 Å². The van der Waals surface area contributed by atoms with E-state index in [0.717, 1.165) is 0 Å². The Kier molecular flexibility index (Phi) is 7.30. The summed E-state index contributed by atoms with van der Waals surface area (Å²) in [4.78, 5) is 27.5. The third kappa shape index (κ3) is 5.46. The molecule has 0 aliphatic carbocycles. The maximum atomic E-state index is 11.8. The molecule has 1 N–H and O–H groups in total. The van der Waals surface area contributed by atoms with Crippen molar-refractivity contribution in [3.8, 4) is 0 Å². The van der Waals surface area contributed by atoms with Gasteiger partial charge in [0.1, 0.15) is 5.69 Å². The van der Waals surface area contributed by atoms with Gasteiger partial charge in [0.15, 0.2) is 0 Å². The van der Waals surface area contributed by atoms with Gasteiger partial charge < -0.3 is 25.1 Å². The van der Waals surface area contributed by atoms with E-state index < -0.39 is 5.91 Å². The molecular formula is C13H18N3O5-. The van der Waals surface area contributed by atoms with Crippen molar-refractivity contribution in [2.24, 2.45) is 0 Å². The summed E-state index contributed by atoms with van der Waals surface area (Å²) in [6.07, 6.45) is 1.31. The molecule has 0 atom stereocenters. The van der Waals surface area contributed by atoms with Crippen LogP contribution in [0.2, 0.25) is 0 Å². The number of ether oxygens (including phenoxy) is 2. The molecule has 116 valence electrons. The Bertz CT molecular complexity index is 481. The zero-order valence-electron chi connectivity index (χ0n) is 12.0. The molecule has 2 amide bonds. The first-order chi connectivity index (χ1) is 10.1. The molecule has 1 rings (SSSR count). The molecule has 0 aromatic carbocycles. The summed E-state index contributed by atoms with van der Waals surface area (Å²) >= 11 is 0. The molecule has 0 aliphatic heterocycles. The Morgan fingerprint density at radius 3 is 2.71 bits per heavy atom. The second kappa shape index (κ2) is 9.01. The number of carbonyl (C=O) groups is 2. The summed E-state index contributed by atoms with van der Waals surface area (Å²) in [5, 5.41) is 14.4. The number of hydroxylamine groups is 2. The molecule has 0 bridgehead atoms. The normalized spacial score (nSPS) is 10.2. The van der Waals surface area contributed by atoms with Crippen LogP contribution in [0.5, 0.6) is 0 Å². The predicted molar refractivity (Wildman–Crippen MR) is 74.7 cm³/mol. The van der Waals surface area contributed by atoms with Crippen molar-refractivity contribution in [1.29, 1.82) is 0 Å². The average Bonchev–Trinajstić information content (AvgIpc) is 2.52. The fourth-order valence-electron chi connectivity index (χ4n) is 1.46. The van der Waals surface area contributed by atoms with Crippen LogP contribution in [0.15, 0.2) is 18.3 Å². The first-order valence-corrected chi connectivity index (χ1v) is 6.31. The van der Waals surface area contributed by atoms with Crippen molar-refractivity contribution < 1.29 is 19.1 Å². The highest BCUT2D eigenvalue weighted by molar-refractivity contribution is 5.98. The molecule has 21 heavy (non-hydrogen) atoms. The number of pyridine rings is 1. The molecule has 0 saturated heterocycles. The Balaban J connectivity index is 2.71. The molecule has 0 aliphatic rings. The summed E-state index contributed by atoms with van der Waals surface area (Å²) in [7, 11) is 2.96. The number of carbonyl (C=O) groups excluding carboxylic acids is 2. The lowest BCUT2D eigenvalue weighted by Gasteiger charge is -2.27. The summed E-state index contributed by atoms with van der Waals surface area (Å²) in [5.41, 5.74) is 0.171. The van der Waals surface area contributed by atoms with Crippen molar-refractivity contribution in [2.45, 2.75) is 0 Å². The lowest BCUT2D eigenvalue weighted by atomic mass is 10.2. The third-order valence-corrected chi connectivity index (χ3v) is 2.56. The van der Waals surface area contributed by atoms with Crippen LogP contribution in [0.1, 0.15) is 20.8 Å². The molecule has 8 heteroatoms. The van der Waals surface area contributed by atoms with Gasteiger partial charge in [0, 0.05) is 39.1 Å². The lowest BCUT2D eigenvalue weighted by Crippen LogP contribution is -2.30. The molecular weight excluding hydrogens is 278 g/mol. The van der Waals surface area contributed by atoms with Crippen LogP contribution >= 0.6 is 0 Å². The van der Waals surface area contributed by atoms with Crippen molar-refractivity contribution in [1.82, 2.24) is 15.4 Å². The summed E-state index contributed by atoms with van der Waals surface area (Å²) < 4.78 is 9.54. The van der Waals surface area contributed by atoms with Crippen molar-refractivity contribution in [2.75, 3.05) is 40.5 Å². The molecule has 8 nitrogen and oxygen atoms in total. The molecule has 0 saturated carbocycles. The van der Waals surface area contributed by atoms with Gasteiger partial charge in [0.05, 0.1) is 13.2 Å². The number of nitrogens with one attached hydrogen (secondary N) is 1. The summed E-state index contributed by atoms with van der Waals surface area (Å²) in [6, 6.07) is 2.74. The predicted octanol–water partition coefficient (Wildman–Crippen LogP) is 0.0442.